The predicted octanol–water partition coefficient (Wildman–Crippen LogP) is 4.47. The molecule has 0 heterocycles. The molecule has 0 radical (unpaired) electrons. The van der Waals surface area contributed by atoms with Crippen molar-refractivity contribution in [3.63, 3.8) is 0 Å². The van der Waals surface area contributed by atoms with Crippen molar-refractivity contribution in [2.45, 2.75) is 39.5 Å². The number of rotatable bonds is 7. The lowest BCUT2D eigenvalue weighted by Gasteiger charge is -2.15. The summed E-state index contributed by atoms with van der Waals surface area (Å²) < 4.78 is 0. The Hall–Kier alpha value is -2.82. The highest BCUT2D eigenvalue weighted by Crippen LogP contribution is 2.23. The molecule has 0 bridgehead atoms. The maximum absolute atomic E-state index is 12.4. The molecule has 0 spiro atoms. The third-order valence-corrected chi connectivity index (χ3v) is 4.05. The minimum atomic E-state index is -0.834. The van der Waals surface area contributed by atoms with Gasteiger partial charge in [0.05, 0.1) is 0 Å². The molecule has 2 rings (SSSR count). The smallest absolute Gasteiger partial charge is 0.323 e. The molecule has 2 amide bonds. The summed E-state index contributed by atoms with van der Waals surface area (Å²) in [4.78, 5) is 23.1. The summed E-state index contributed by atoms with van der Waals surface area (Å²) in [5, 5.41) is 14.6. The summed E-state index contributed by atoms with van der Waals surface area (Å²) in [6.45, 7) is 4.12. The fraction of sp³-hybridized carbons (Fsp3) is 0.300. The van der Waals surface area contributed by atoms with Gasteiger partial charge >= 0.3 is 12.0 Å². The van der Waals surface area contributed by atoms with Crippen LogP contribution in [0.15, 0.2) is 42.5 Å². The fourth-order valence-corrected chi connectivity index (χ4v) is 2.73. The van der Waals surface area contributed by atoms with E-state index in [1.807, 2.05) is 30.3 Å². The van der Waals surface area contributed by atoms with Gasteiger partial charge in [0, 0.05) is 17.8 Å². The van der Waals surface area contributed by atoms with Gasteiger partial charge in [-0.25, -0.2) is 4.79 Å². The van der Waals surface area contributed by atoms with E-state index >= 15 is 0 Å². The van der Waals surface area contributed by atoms with Crippen LogP contribution in [0.3, 0.4) is 0 Å². The minimum absolute atomic E-state index is 0.0688. The first kappa shape index (κ1) is 18.5. The van der Waals surface area contributed by atoms with E-state index in [9.17, 15) is 9.59 Å². The molecule has 132 valence electrons. The van der Waals surface area contributed by atoms with Crippen molar-refractivity contribution in [1.29, 1.82) is 0 Å². The average molecular weight is 340 g/mol. The molecule has 0 unspecified atom stereocenters. The molecule has 3 N–H and O–H groups in total. The number of benzene rings is 2. The Morgan fingerprint density at radius 3 is 2.20 bits per heavy atom. The molecule has 2 aromatic rings. The number of amides is 2. The molecule has 0 aliphatic carbocycles. The molecule has 0 aromatic heterocycles. The van der Waals surface area contributed by atoms with Gasteiger partial charge in [-0.2, -0.15) is 0 Å². The van der Waals surface area contributed by atoms with Gasteiger partial charge in [0.15, 0.2) is 0 Å². The molecular formula is C20H24N2O3. The van der Waals surface area contributed by atoms with E-state index in [1.165, 1.54) is 0 Å². The van der Waals surface area contributed by atoms with Crippen molar-refractivity contribution < 1.29 is 14.7 Å². The lowest BCUT2D eigenvalue weighted by Crippen LogP contribution is -2.21. The van der Waals surface area contributed by atoms with Gasteiger partial charge < -0.3 is 15.7 Å². The third kappa shape index (κ3) is 5.35. The lowest BCUT2D eigenvalue weighted by molar-refractivity contribution is -0.136. The summed E-state index contributed by atoms with van der Waals surface area (Å²) in [7, 11) is 0. The van der Waals surface area contributed by atoms with Crippen LogP contribution in [0.25, 0.3) is 0 Å². The second kappa shape index (κ2) is 8.87. The number of hydrogen-bond donors (Lipinski definition) is 3. The van der Waals surface area contributed by atoms with E-state index in [4.69, 9.17) is 5.11 Å². The highest BCUT2D eigenvalue weighted by Gasteiger charge is 2.10. The van der Waals surface area contributed by atoms with Crippen LogP contribution in [0, 0.1) is 0 Å². The molecule has 2 aromatic carbocycles. The van der Waals surface area contributed by atoms with Crippen molar-refractivity contribution in [2.75, 3.05) is 10.6 Å². The van der Waals surface area contributed by atoms with E-state index in [0.29, 0.717) is 12.1 Å². The number of urea groups is 1. The van der Waals surface area contributed by atoms with Crippen LogP contribution in [0.5, 0.6) is 0 Å². The zero-order chi connectivity index (χ0) is 18.2. The Balaban J connectivity index is 2.08. The van der Waals surface area contributed by atoms with E-state index in [-0.39, 0.29) is 12.5 Å². The first-order valence-electron chi connectivity index (χ1n) is 8.53. The summed E-state index contributed by atoms with van der Waals surface area (Å²) in [5.41, 5.74) is 4.59. The lowest BCUT2D eigenvalue weighted by atomic mass is 10.0. The van der Waals surface area contributed by atoms with Crippen molar-refractivity contribution in [2.24, 2.45) is 0 Å². The first-order chi connectivity index (χ1) is 12.0. The van der Waals surface area contributed by atoms with Gasteiger partial charge in [0.2, 0.25) is 0 Å². The third-order valence-electron chi connectivity index (χ3n) is 4.05. The average Bonchev–Trinajstić information content (AvgIpc) is 2.60. The molecule has 25 heavy (non-hydrogen) atoms. The molecule has 0 aliphatic rings. The number of carbonyl (C=O) groups excluding carboxylic acids is 1. The number of aliphatic carboxylic acids is 1. The molecule has 0 aliphatic heterocycles. The van der Waals surface area contributed by atoms with E-state index in [0.717, 1.165) is 35.2 Å². The van der Waals surface area contributed by atoms with Gasteiger partial charge in [-0.05, 0) is 48.1 Å². The van der Waals surface area contributed by atoms with Gasteiger partial charge in [-0.15, -0.1) is 0 Å². The van der Waals surface area contributed by atoms with Crippen molar-refractivity contribution in [3.05, 3.63) is 59.2 Å². The fourth-order valence-electron chi connectivity index (χ4n) is 2.73. The number of carboxylic acid groups (broad SMARTS) is 1. The number of nitrogens with one attached hydrogen (secondary N) is 2. The first-order valence-corrected chi connectivity index (χ1v) is 8.53. The Labute approximate surface area is 148 Å². The maximum Gasteiger partial charge on any atom is 0.323 e. The number of hydrogen-bond acceptors (Lipinski definition) is 2. The van der Waals surface area contributed by atoms with Crippen molar-refractivity contribution in [1.82, 2.24) is 0 Å². The van der Waals surface area contributed by atoms with Gasteiger partial charge in [0.1, 0.15) is 0 Å². The van der Waals surface area contributed by atoms with Crippen LogP contribution >= 0.6 is 0 Å². The number of para-hydroxylation sites is 1. The minimum Gasteiger partial charge on any atom is -0.481 e. The molecule has 0 fully saturated rings. The predicted molar refractivity (Wildman–Crippen MR) is 100 cm³/mol. The molecule has 0 saturated carbocycles. The normalized spacial score (nSPS) is 10.3. The Morgan fingerprint density at radius 2 is 1.60 bits per heavy atom. The van der Waals surface area contributed by atoms with Gasteiger partial charge in [-0.3, -0.25) is 4.79 Å². The largest absolute Gasteiger partial charge is 0.481 e. The van der Waals surface area contributed by atoms with Gasteiger partial charge in [0.25, 0.3) is 0 Å². The monoisotopic (exact) mass is 340 g/mol. The highest BCUT2D eigenvalue weighted by atomic mass is 16.4. The zero-order valence-electron chi connectivity index (χ0n) is 14.6. The van der Waals surface area contributed by atoms with Crippen LogP contribution in [-0.2, 0) is 24.1 Å². The number of carbonyl (C=O) groups is 2. The topological polar surface area (TPSA) is 78.4 Å². The van der Waals surface area contributed by atoms with Crippen LogP contribution in [0.1, 0.15) is 37.0 Å². The Kier molecular flexibility index (Phi) is 6.57. The molecule has 0 saturated heterocycles. The summed E-state index contributed by atoms with van der Waals surface area (Å²) >= 11 is 0. The highest BCUT2D eigenvalue weighted by molar-refractivity contribution is 6.00. The van der Waals surface area contributed by atoms with E-state index in [1.54, 1.807) is 12.1 Å². The summed E-state index contributed by atoms with van der Waals surface area (Å²) in [6.07, 6.45) is 2.19. The van der Waals surface area contributed by atoms with Crippen LogP contribution in [0.4, 0.5) is 16.2 Å². The Bertz CT molecular complexity index is 734. The van der Waals surface area contributed by atoms with Crippen LogP contribution in [-0.4, -0.2) is 17.1 Å². The van der Waals surface area contributed by atoms with Crippen LogP contribution < -0.4 is 10.6 Å². The second-order valence-corrected chi connectivity index (χ2v) is 5.83. The van der Waals surface area contributed by atoms with E-state index < -0.39 is 5.97 Å². The molecule has 0 atom stereocenters. The van der Waals surface area contributed by atoms with Gasteiger partial charge in [-0.1, -0.05) is 44.2 Å². The second-order valence-electron chi connectivity index (χ2n) is 5.83. The summed E-state index contributed by atoms with van der Waals surface area (Å²) in [5.74, 6) is -0.834. The number of carboxylic acids is 1. The number of aryl methyl sites for hydroxylation is 3. The molecule has 5 heteroatoms. The van der Waals surface area contributed by atoms with E-state index in [2.05, 4.69) is 24.5 Å². The quantitative estimate of drug-likeness (QED) is 0.695. The Morgan fingerprint density at radius 1 is 0.960 bits per heavy atom. The maximum atomic E-state index is 12.4. The van der Waals surface area contributed by atoms with Crippen molar-refractivity contribution in [3.8, 4) is 0 Å². The molecular weight excluding hydrogens is 316 g/mol. The standard InChI is InChI=1S/C20H24N2O3/c1-3-15-8-6-9-16(4-2)19(15)22-20(25)21-17-10-5-7-14(13-17)11-12-18(23)24/h5-10,13H,3-4,11-12H2,1-2H3,(H,23,24)(H2,21,22,25). The summed E-state index contributed by atoms with van der Waals surface area (Å²) in [6, 6.07) is 13.0. The van der Waals surface area contributed by atoms with Crippen LogP contribution in [0.2, 0.25) is 0 Å². The zero-order valence-corrected chi connectivity index (χ0v) is 14.6. The molecule has 5 nitrogen and oxygen atoms in total. The number of anilines is 2. The van der Waals surface area contributed by atoms with Crippen molar-refractivity contribution >= 4 is 23.4 Å². The SMILES string of the molecule is CCc1cccc(CC)c1NC(=O)Nc1cccc(CCC(=O)O)c1.